The Morgan fingerprint density at radius 1 is 1.22 bits per heavy atom. The molecule has 2 amide bonds. The van der Waals surface area contributed by atoms with Crippen LogP contribution in [0.3, 0.4) is 0 Å². The number of rotatable bonds is 4. The van der Waals surface area contributed by atoms with Gasteiger partial charge in [0.1, 0.15) is 5.69 Å². The molecule has 1 aliphatic heterocycles. The standard InChI is InChI=1S/C18H27N3O2/c1-3-14-15(17(19)22)11(2)20-16(14)18(23)21-9-5-8-13(10-21)12-6-4-7-12/h12-13,20H,3-10H2,1-2H3,(H2,19,22). The van der Waals surface area contributed by atoms with Gasteiger partial charge in [0.05, 0.1) is 5.56 Å². The number of amides is 2. The van der Waals surface area contributed by atoms with Crippen molar-refractivity contribution in [3.05, 3.63) is 22.5 Å². The van der Waals surface area contributed by atoms with Crippen LogP contribution in [0.15, 0.2) is 0 Å². The van der Waals surface area contributed by atoms with E-state index in [1.54, 1.807) is 0 Å². The van der Waals surface area contributed by atoms with E-state index in [9.17, 15) is 9.59 Å². The van der Waals surface area contributed by atoms with Crippen LogP contribution in [0.2, 0.25) is 0 Å². The van der Waals surface area contributed by atoms with Gasteiger partial charge in [-0.2, -0.15) is 0 Å². The average Bonchev–Trinajstić information content (AvgIpc) is 2.81. The molecular formula is C18H27N3O2. The molecule has 3 rings (SSSR count). The number of nitrogens with two attached hydrogens (primary N) is 1. The van der Waals surface area contributed by atoms with Gasteiger partial charge < -0.3 is 15.6 Å². The minimum Gasteiger partial charge on any atom is -0.366 e. The molecule has 1 aliphatic carbocycles. The lowest BCUT2D eigenvalue weighted by Gasteiger charge is -2.40. The fourth-order valence-electron chi connectivity index (χ4n) is 4.19. The summed E-state index contributed by atoms with van der Waals surface area (Å²) in [5.41, 5.74) is 8.01. The van der Waals surface area contributed by atoms with Crippen molar-refractivity contribution in [3.63, 3.8) is 0 Å². The predicted octanol–water partition coefficient (Wildman–Crippen LogP) is 2.64. The molecule has 0 bridgehead atoms. The van der Waals surface area contributed by atoms with Crippen LogP contribution in [0.25, 0.3) is 0 Å². The fraction of sp³-hybridized carbons (Fsp3) is 0.667. The minimum atomic E-state index is -0.458. The van der Waals surface area contributed by atoms with Crippen molar-refractivity contribution in [3.8, 4) is 0 Å². The topological polar surface area (TPSA) is 79.2 Å². The van der Waals surface area contributed by atoms with Gasteiger partial charge in [0.2, 0.25) is 0 Å². The van der Waals surface area contributed by atoms with E-state index in [0.717, 1.165) is 31.0 Å². The number of likely N-dealkylation sites (tertiary alicyclic amines) is 1. The zero-order valence-corrected chi connectivity index (χ0v) is 14.2. The first-order valence-electron chi connectivity index (χ1n) is 8.83. The lowest BCUT2D eigenvalue weighted by molar-refractivity contribution is 0.0555. The Balaban J connectivity index is 1.82. The van der Waals surface area contributed by atoms with Gasteiger partial charge in [-0.3, -0.25) is 9.59 Å². The van der Waals surface area contributed by atoms with Crippen molar-refractivity contribution < 1.29 is 9.59 Å². The molecule has 23 heavy (non-hydrogen) atoms. The van der Waals surface area contributed by atoms with Gasteiger partial charge in [-0.1, -0.05) is 26.2 Å². The highest BCUT2D eigenvalue weighted by atomic mass is 16.2. The number of piperidine rings is 1. The average molecular weight is 317 g/mol. The Morgan fingerprint density at radius 3 is 2.48 bits per heavy atom. The van der Waals surface area contributed by atoms with Crippen molar-refractivity contribution in [2.75, 3.05) is 13.1 Å². The third kappa shape index (κ3) is 2.89. The van der Waals surface area contributed by atoms with E-state index in [0.29, 0.717) is 29.3 Å². The van der Waals surface area contributed by atoms with Crippen LogP contribution in [0.5, 0.6) is 0 Å². The number of aryl methyl sites for hydroxylation is 1. The zero-order chi connectivity index (χ0) is 16.6. The van der Waals surface area contributed by atoms with Crippen LogP contribution in [0.4, 0.5) is 0 Å². The molecule has 1 aromatic rings. The zero-order valence-electron chi connectivity index (χ0n) is 14.2. The molecule has 126 valence electrons. The maximum atomic E-state index is 13.0. The number of aromatic amines is 1. The highest BCUT2D eigenvalue weighted by Crippen LogP contribution is 2.38. The van der Waals surface area contributed by atoms with Crippen molar-refractivity contribution in [2.24, 2.45) is 17.6 Å². The number of carbonyl (C=O) groups excluding carboxylic acids is 2. The monoisotopic (exact) mass is 317 g/mol. The van der Waals surface area contributed by atoms with Crippen LogP contribution >= 0.6 is 0 Å². The summed E-state index contributed by atoms with van der Waals surface area (Å²) in [6.45, 7) is 5.44. The van der Waals surface area contributed by atoms with Crippen LogP contribution in [0.1, 0.15) is 71.1 Å². The van der Waals surface area contributed by atoms with E-state index < -0.39 is 5.91 Å². The molecule has 1 atom stereocenters. The van der Waals surface area contributed by atoms with Crippen molar-refractivity contribution in [1.82, 2.24) is 9.88 Å². The third-order valence-corrected chi connectivity index (χ3v) is 5.67. The van der Waals surface area contributed by atoms with E-state index in [1.807, 2.05) is 18.7 Å². The molecule has 1 saturated carbocycles. The van der Waals surface area contributed by atoms with Crippen LogP contribution in [-0.2, 0) is 6.42 Å². The second-order valence-corrected chi connectivity index (χ2v) is 7.04. The Bertz CT molecular complexity index is 616. The molecular weight excluding hydrogens is 290 g/mol. The Labute approximate surface area is 137 Å². The quantitative estimate of drug-likeness (QED) is 0.895. The molecule has 0 spiro atoms. The summed E-state index contributed by atoms with van der Waals surface area (Å²) in [6.07, 6.45) is 6.93. The molecule has 0 radical (unpaired) electrons. The summed E-state index contributed by atoms with van der Waals surface area (Å²) in [4.78, 5) is 29.8. The van der Waals surface area contributed by atoms with Gasteiger partial charge in [0.15, 0.2) is 0 Å². The lowest BCUT2D eigenvalue weighted by atomic mass is 9.73. The van der Waals surface area contributed by atoms with E-state index in [-0.39, 0.29) is 5.91 Å². The minimum absolute atomic E-state index is 0.0291. The number of hydrogen-bond donors (Lipinski definition) is 2. The van der Waals surface area contributed by atoms with E-state index in [4.69, 9.17) is 5.73 Å². The molecule has 2 aliphatic rings. The van der Waals surface area contributed by atoms with Gasteiger partial charge in [-0.05, 0) is 43.6 Å². The SMILES string of the molecule is CCc1c(C(=O)N2CCCC(C3CCC3)C2)[nH]c(C)c1C(N)=O. The Hall–Kier alpha value is -1.78. The summed E-state index contributed by atoms with van der Waals surface area (Å²) < 4.78 is 0. The van der Waals surface area contributed by atoms with Crippen LogP contribution in [0, 0.1) is 18.8 Å². The van der Waals surface area contributed by atoms with Gasteiger partial charge in [0.25, 0.3) is 11.8 Å². The Kier molecular flexibility index (Phi) is 4.46. The van der Waals surface area contributed by atoms with E-state index in [1.165, 1.54) is 25.7 Å². The number of hydrogen-bond acceptors (Lipinski definition) is 2. The maximum absolute atomic E-state index is 13.0. The summed E-state index contributed by atoms with van der Waals surface area (Å²) >= 11 is 0. The molecule has 5 heteroatoms. The number of aromatic nitrogens is 1. The van der Waals surface area contributed by atoms with Gasteiger partial charge in [-0.15, -0.1) is 0 Å². The predicted molar refractivity (Wildman–Crippen MR) is 89.4 cm³/mol. The molecule has 3 N–H and O–H groups in total. The highest BCUT2D eigenvalue weighted by molar-refractivity contribution is 6.02. The van der Waals surface area contributed by atoms with E-state index in [2.05, 4.69) is 4.98 Å². The number of H-pyrrole nitrogens is 1. The Morgan fingerprint density at radius 2 is 1.91 bits per heavy atom. The van der Waals surface area contributed by atoms with E-state index >= 15 is 0 Å². The van der Waals surface area contributed by atoms with Crippen molar-refractivity contribution in [2.45, 2.75) is 52.4 Å². The highest BCUT2D eigenvalue weighted by Gasteiger charge is 2.34. The van der Waals surface area contributed by atoms with Crippen molar-refractivity contribution >= 4 is 11.8 Å². The summed E-state index contributed by atoms with van der Waals surface area (Å²) in [5, 5.41) is 0. The second-order valence-electron chi connectivity index (χ2n) is 7.04. The molecule has 1 saturated heterocycles. The number of primary amides is 1. The first kappa shape index (κ1) is 16.1. The summed E-state index contributed by atoms with van der Waals surface area (Å²) in [6, 6.07) is 0. The normalized spacial score (nSPS) is 22.0. The van der Waals surface area contributed by atoms with Gasteiger partial charge in [-0.25, -0.2) is 0 Å². The molecule has 5 nitrogen and oxygen atoms in total. The lowest BCUT2D eigenvalue weighted by Crippen LogP contribution is -2.43. The van der Waals surface area contributed by atoms with Gasteiger partial charge >= 0.3 is 0 Å². The molecule has 1 aromatic heterocycles. The first-order chi connectivity index (χ1) is 11.0. The van der Waals surface area contributed by atoms with Crippen molar-refractivity contribution in [1.29, 1.82) is 0 Å². The molecule has 1 unspecified atom stereocenters. The van der Waals surface area contributed by atoms with Gasteiger partial charge in [0, 0.05) is 18.8 Å². The summed E-state index contributed by atoms with van der Waals surface area (Å²) in [5.74, 6) is 1.03. The first-order valence-corrected chi connectivity index (χ1v) is 8.83. The number of nitrogens with one attached hydrogen (secondary N) is 1. The van der Waals surface area contributed by atoms with Crippen LogP contribution < -0.4 is 5.73 Å². The number of carbonyl (C=O) groups is 2. The van der Waals surface area contributed by atoms with Crippen LogP contribution in [-0.4, -0.2) is 34.8 Å². The smallest absolute Gasteiger partial charge is 0.270 e. The maximum Gasteiger partial charge on any atom is 0.270 e. The molecule has 0 aromatic carbocycles. The second kappa shape index (κ2) is 6.38. The molecule has 2 fully saturated rings. The third-order valence-electron chi connectivity index (χ3n) is 5.67. The number of nitrogens with zero attached hydrogens (tertiary/aromatic N) is 1. The fourth-order valence-corrected chi connectivity index (χ4v) is 4.19. The molecule has 2 heterocycles. The summed E-state index contributed by atoms with van der Waals surface area (Å²) in [7, 11) is 0. The largest absolute Gasteiger partial charge is 0.366 e.